The third kappa shape index (κ3) is 2.49. The minimum Gasteiger partial charge on any atom is -0.399 e. The number of nitrogens with two attached hydrogens (primary N) is 1. The molecule has 0 saturated heterocycles. The van der Waals surface area contributed by atoms with Gasteiger partial charge in [-0.15, -0.1) is 0 Å². The number of benzene rings is 1. The molecular formula is C14H19N3. The van der Waals surface area contributed by atoms with E-state index in [0.717, 1.165) is 30.9 Å². The fourth-order valence-corrected chi connectivity index (χ4v) is 1.99. The van der Waals surface area contributed by atoms with Crippen molar-refractivity contribution in [3.05, 3.63) is 47.5 Å². The molecule has 0 atom stereocenters. The minimum atomic E-state index is 0.853. The summed E-state index contributed by atoms with van der Waals surface area (Å²) < 4.78 is 2.20. The van der Waals surface area contributed by atoms with Crippen LogP contribution in [0.25, 0.3) is 0 Å². The molecule has 2 N–H and O–H groups in total. The second kappa shape index (κ2) is 5.04. The van der Waals surface area contributed by atoms with Gasteiger partial charge in [0.25, 0.3) is 0 Å². The zero-order valence-corrected chi connectivity index (χ0v) is 10.5. The zero-order valence-electron chi connectivity index (χ0n) is 10.5. The fourth-order valence-electron chi connectivity index (χ4n) is 1.99. The third-order valence-corrected chi connectivity index (χ3v) is 3.10. The summed E-state index contributed by atoms with van der Waals surface area (Å²) in [4.78, 5) is 4.39. The monoisotopic (exact) mass is 229 g/mol. The van der Waals surface area contributed by atoms with Gasteiger partial charge in [0.1, 0.15) is 5.82 Å². The molecule has 0 aliphatic carbocycles. The first-order valence-corrected chi connectivity index (χ1v) is 6.06. The summed E-state index contributed by atoms with van der Waals surface area (Å²) in [6.45, 7) is 5.10. The van der Waals surface area contributed by atoms with E-state index in [1.54, 1.807) is 0 Å². The molecule has 0 fully saturated rings. The number of nitrogens with zero attached hydrogens (tertiary/aromatic N) is 2. The number of hydrogen-bond donors (Lipinski definition) is 1. The lowest BCUT2D eigenvalue weighted by molar-refractivity contribution is 0.703. The predicted molar refractivity (Wildman–Crippen MR) is 70.9 cm³/mol. The Bertz CT molecular complexity index is 500. The molecule has 0 unspecified atom stereocenters. The Morgan fingerprint density at radius 1 is 1.35 bits per heavy atom. The predicted octanol–water partition coefficient (Wildman–Crippen LogP) is 2.77. The van der Waals surface area contributed by atoms with Crippen molar-refractivity contribution in [1.29, 1.82) is 0 Å². The van der Waals surface area contributed by atoms with Crippen molar-refractivity contribution < 1.29 is 0 Å². The van der Waals surface area contributed by atoms with Gasteiger partial charge in [-0.2, -0.15) is 0 Å². The summed E-state index contributed by atoms with van der Waals surface area (Å²) in [5, 5.41) is 0. The number of aryl methyl sites for hydroxylation is 1. The van der Waals surface area contributed by atoms with E-state index < -0.39 is 0 Å². The van der Waals surface area contributed by atoms with Gasteiger partial charge in [0, 0.05) is 31.0 Å². The number of nitrogen functional groups attached to an aromatic ring is 1. The van der Waals surface area contributed by atoms with E-state index in [2.05, 4.69) is 29.5 Å². The molecule has 1 aromatic carbocycles. The zero-order chi connectivity index (χ0) is 12.3. The summed E-state index contributed by atoms with van der Waals surface area (Å²) in [5.41, 5.74) is 9.22. The van der Waals surface area contributed by atoms with Gasteiger partial charge in [0.15, 0.2) is 0 Å². The number of imidazole rings is 1. The van der Waals surface area contributed by atoms with Crippen molar-refractivity contribution in [1.82, 2.24) is 9.55 Å². The highest BCUT2D eigenvalue weighted by atomic mass is 15.1. The van der Waals surface area contributed by atoms with E-state index in [-0.39, 0.29) is 0 Å². The maximum Gasteiger partial charge on any atom is 0.108 e. The summed E-state index contributed by atoms with van der Waals surface area (Å²) >= 11 is 0. The lowest BCUT2D eigenvalue weighted by atomic mass is 10.1. The van der Waals surface area contributed by atoms with E-state index in [9.17, 15) is 0 Å². The lowest BCUT2D eigenvalue weighted by Gasteiger charge is -2.11. The number of aromatic nitrogens is 2. The third-order valence-electron chi connectivity index (χ3n) is 3.10. The topological polar surface area (TPSA) is 43.8 Å². The van der Waals surface area contributed by atoms with Crippen LogP contribution in [0.2, 0.25) is 0 Å². The molecule has 3 nitrogen and oxygen atoms in total. The molecule has 0 aliphatic rings. The lowest BCUT2D eigenvalue weighted by Crippen LogP contribution is -2.06. The molecule has 2 rings (SSSR count). The number of rotatable bonds is 4. The number of anilines is 1. The first kappa shape index (κ1) is 11.7. The van der Waals surface area contributed by atoms with Crippen LogP contribution in [0.15, 0.2) is 30.6 Å². The van der Waals surface area contributed by atoms with Crippen LogP contribution in [0.1, 0.15) is 30.3 Å². The molecule has 90 valence electrons. The van der Waals surface area contributed by atoms with Gasteiger partial charge in [-0.1, -0.05) is 19.1 Å². The molecule has 17 heavy (non-hydrogen) atoms. The Hall–Kier alpha value is -1.77. The van der Waals surface area contributed by atoms with E-state index >= 15 is 0 Å². The summed E-state index contributed by atoms with van der Waals surface area (Å²) in [5.74, 6) is 1.15. The van der Waals surface area contributed by atoms with Gasteiger partial charge in [0.2, 0.25) is 0 Å². The molecule has 1 heterocycles. The first-order valence-electron chi connectivity index (χ1n) is 6.06. The normalized spacial score (nSPS) is 10.7. The van der Waals surface area contributed by atoms with Crippen LogP contribution in [-0.4, -0.2) is 9.55 Å². The van der Waals surface area contributed by atoms with Gasteiger partial charge in [-0.3, -0.25) is 0 Å². The van der Waals surface area contributed by atoms with Crippen molar-refractivity contribution in [2.75, 3.05) is 5.73 Å². The van der Waals surface area contributed by atoms with Crippen LogP contribution in [0.4, 0.5) is 5.69 Å². The van der Waals surface area contributed by atoms with E-state index in [1.807, 2.05) is 24.5 Å². The highest BCUT2D eigenvalue weighted by molar-refractivity contribution is 5.50. The quantitative estimate of drug-likeness (QED) is 0.819. The van der Waals surface area contributed by atoms with Gasteiger partial charge in [0.05, 0.1) is 0 Å². The average Bonchev–Trinajstić information content (AvgIpc) is 2.73. The maximum absolute atomic E-state index is 5.92. The van der Waals surface area contributed by atoms with E-state index in [1.165, 1.54) is 11.1 Å². The first-order chi connectivity index (χ1) is 8.22. The highest BCUT2D eigenvalue weighted by Gasteiger charge is 2.05. The standard InChI is InChI=1S/C14H19N3/c1-3-5-14-16-8-9-17(14)10-12-6-4-7-13(15)11(12)2/h4,6-9H,3,5,10,15H2,1-2H3. The SMILES string of the molecule is CCCc1nccn1Cc1cccc(N)c1C. The van der Waals surface area contributed by atoms with Crippen molar-refractivity contribution in [3.63, 3.8) is 0 Å². The smallest absolute Gasteiger partial charge is 0.108 e. The number of hydrogen-bond acceptors (Lipinski definition) is 2. The van der Waals surface area contributed by atoms with Crippen LogP contribution in [-0.2, 0) is 13.0 Å². The van der Waals surface area contributed by atoms with Gasteiger partial charge in [-0.25, -0.2) is 4.98 Å². The van der Waals surface area contributed by atoms with Crippen LogP contribution >= 0.6 is 0 Å². The van der Waals surface area contributed by atoms with Gasteiger partial charge in [-0.05, 0) is 30.5 Å². The molecule has 0 spiro atoms. The van der Waals surface area contributed by atoms with Crippen LogP contribution in [0.3, 0.4) is 0 Å². The Morgan fingerprint density at radius 3 is 2.94 bits per heavy atom. The molecule has 2 aromatic rings. The van der Waals surface area contributed by atoms with E-state index in [0.29, 0.717) is 0 Å². The van der Waals surface area contributed by atoms with Crippen LogP contribution in [0.5, 0.6) is 0 Å². The van der Waals surface area contributed by atoms with E-state index in [4.69, 9.17) is 5.73 Å². The van der Waals surface area contributed by atoms with Gasteiger partial charge < -0.3 is 10.3 Å². The van der Waals surface area contributed by atoms with Gasteiger partial charge >= 0.3 is 0 Å². The summed E-state index contributed by atoms with van der Waals surface area (Å²) in [6, 6.07) is 6.08. The fraction of sp³-hybridized carbons (Fsp3) is 0.357. The molecular weight excluding hydrogens is 210 g/mol. The average molecular weight is 229 g/mol. The molecule has 0 radical (unpaired) electrons. The Balaban J connectivity index is 2.25. The summed E-state index contributed by atoms with van der Waals surface area (Å²) in [7, 11) is 0. The Labute approximate surface area is 102 Å². The van der Waals surface area contributed by atoms with Crippen molar-refractivity contribution in [2.24, 2.45) is 0 Å². The van der Waals surface area contributed by atoms with Crippen LogP contribution < -0.4 is 5.73 Å². The minimum absolute atomic E-state index is 0.853. The second-order valence-corrected chi connectivity index (χ2v) is 4.35. The molecule has 0 bridgehead atoms. The molecule has 1 aromatic heterocycles. The highest BCUT2D eigenvalue weighted by Crippen LogP contribution is 2.17. The molecule has 0 saturated carbocycles. The second-order valence-electron chi connectivity index (χ2n) is 4.35. The summed E-state index contributed by atoms with van der Waals surface area (Å²) in [6.07, 6.45) is 6.04. The Morgan fingerprint density at radius 2 is 2.18 bits per heavy atom. The molecule has 0 aliphatic heterocycles. The largest absolute Gasteiger partial charge is 0.399 e. The van der Waals surface area contributed by atoms with Crippen LogP contribution in [0, 0.1) is 6.92 Å². The van der Waals surface area contributed by atoms with Crippen molar-refractivity contribution in [3.8, 4) is 0 Å². The molecule has 3 heteroatoms. The van der Waals surface area contributed by atoms with Crippen molar-refractivity contribution in [2.45, 2.75) is 33.2 Å². The Kier molecular flexibility index (Phi) is 3.47. The van der Waals surface area contributed by atoms with Crippen molar-refractivity contribution >= 4 is 5.69 Å². The maximum atomic E-state index is 5.92. The molecule has 0 amide bonds.